The number of hydrogen-bond donors (Lipinski definition) is 1. The van der Waals surface area contributed by atoms with Crippen molar-refractivity contribution in [1.82, 2.24) is 14.5 Å². The molecule has 1 fully saturated rings. The smallest absolute Gasteiger partial charge is 0.253 e. The van der Waals surface area contributed by atoms with Crippen LogP contribution in [0.2, 0.25) is 0 Å². The molecular weight excluding hydrogens is 414 g/mol. The van der Waals surface area contributed by atoms with Crippen molar-refractivity contribution in [3.05, 3.63) is 78.4 Å². The van der Waals surface area contributed by atoms with E-state index in [1.165, 1.54) is 34.6 Å². The summed E-state index contributed by atoms with van der Waals surface area (Å²) in [5, 5.41) is 2.77. The monoisotopic (exact) mass is 441 g/mol. The van der Waals surface area contributed by atoms with Crippen LogP contribution in [0, 0.1) is 0 Å². The third-order valence-electron chi connectivity index (χ3n) is 5.26. The van der Waals surface area contributed by atoms with E-state index in [-0.39, 0.29) is 29.3 Å². The number of rotatable bonds is 7. The van der Waals surface area contributed by atoms with Crippen molar-refractivity contribution in [1.29, 1.82) is 0 Å². The summed E-state index contributed by atoms with van der Waals surface area (Å²) in [6, 6.07) is 15.4. The molecule has 7 nitrogen and oxygen atoms in total. The number of carbonyl (C=O) groups excluding carboxylic acids is 2. The van der Waals surface area contributed by atoms with Crippen LogP contribution in [0.15, 0.2) is 72.1 Å². The van der Waals surface area contributed by atoms with E-state index in [1.54, 1.807) is 11.9 Å². The number of nitrogens with one attached hydrogen (secondary N) is 1. The molecule has 0 aromatic heterocycles. The van der Waals surface area contributed by atoms with Gasteiger partial charge in [0.1, 0.15) is 0 Å². The molecular formula is C23H27N3O4S. The number of nitrogens with zero attached hydrogens (tertiary/aromatic N) is 2. The fourth-order valence-corrected chi connectivity index (χ4v) is 5.13. The highest BCUT2D eigenvalue weighted by Gasteiger charge is 2.30. The fourth-order valence-electron chi connectivity index (χ4n) is 3.61. The average molecular weight is 442 g/mol. The molecule has 1 aliphatic rings. The Hall–Kier alpha value is -2.97. The van der Waals surface area contributed by atoms with Crippen LogP contribution in [-0.4, -0.2) is 55.6 Å². The van der Waals surface area contributed by atoms with E-state index < -0.39 is 10.0 Å². The molecule has 0 unspecified atom stereocenters. The first kappa shape index (κ1) is 22.7. The van der Waals surface area contributed by atoms with Crippen LogP contribution in [-0.2, 0) is 21.4 Å². The van der Waals surface area contributed by atoms with Crippen molar-refractivity contribution in [2.45, 2.75) is 30.3 Å². The van der Waals surface area contributed by atoms with Gasteiger partial charge >= 0.3 is 0 Å². The number of hydrogen-bond acceptors (Lipinski definition) is 4. The summed E-state index contributed by atoms with van der Waals surface area (Å²) >= 11 is 0. The minimum Gasteiger partial charge on any atom is -0.349 e. The summed E-state index contributed by atoms with van der Waals surface area (Å²) in [5.41, 5.74) is 1.44. The molecule has 1 heterocycles. The maximum atomic E-state index is 13.0. The van der Waals surface area contributed by atoms with Crippen LogP contribution in [0.5, 0.6) is 0 Å². The van der Waals surface area contributed by atoms with Crippen LogP contribution in [0.3, 0.4) is 0 Å². The summed E-state index contributed by atoms with van der Waals surface area (Å²) < 4.78 is 27.5. The van der Waals surface area contributed by atoms with Gasteiger partial charge < -0.3 is 10.2 Å². The molecule has 8 heteroatoms. The van der Waals surface area contributed by atoms with Crippen LogP contribution in [0.25, 0.3) is 0 Å². The highest BCUT2D eigenvalue weighted by atomic mass is 32.2. The second-order valence-corrected chi connectivity index (χ2v) is 9.52. The van der Waals surface area contributed by atoms with Crippen LogP contribution < -0.4 is 5.32 Å². The molecule has 1 atom stereocenters. The van der Waals surface area contributed by atoms with E-state index in [2.05, 4.69) is 11.9 Å². The van der Waals surface area contributed by atoms with Gasteiger partial charge in [-0.2, -0.15) is 4.31 Å². The quantitative estimate of drug-likeness (QED) is 0.669. The molecule has 31 heavy (non-hydrogen) atoms. The molecule has 0 bridgehead atoms. The molecule has 2 amide bonds. The summed E-state index contributed by atoms with van der Waals surface area (Å²) in [6.07, 6.45) is 2.55. The zero-order valence-corrected chi connectivity index (χ0v) is 18.3. The van der Waals surface area contributed by atoms with Gasteiger partial charge in [-0.1, -0.05) is 36.9 Å². The van der Waals surface area contributed by atoms with E-state index in [0.717, 1.165) is 5.56 Å². The lowest BCUT2D eigenvalue weighted by Crippen LogP contribution is -2.49. The lowest BCUT2D eigenvalue weighted by atomic mass is 10.1. The van der Waals surface area contributed by atoms with Gasteiger partial charge in [-0.3, -0.25) is 9.59 Å². The van der Waals surface area contributed by atoms with Gasteiger partial charge in [0.05, 0.1) is 4.90 Å². The third-order valence-corrected chi connectivity index (χ3v) is 7.14. The normalized spacial score (nSPS) is 17.0. The fraction of sp³-hybridized carbons (Fsp3) is 0.304. The Morgan fingerprint density at radius 2 is 1.84 bits per heavy atom. The second kappa shape index (κ2) is 9.89. The molecule has 1 N–H and O–H groups in total. The lowest BCUT2D eigenvalue weighted by Gasteiger charge is -2.32. The molecule has 2 aromatic carbocycles. The minimum absolute atomic E-state index is 0.130. The predicted molar refractivity (Wildman–Crippen MR) is 119 cm³/mol. The first-order valence-electron chi connectivity index (χ1n) is 10.1. The van der Waals surface area contributed by atoms with Gasteiger partial charge in [0.2, 0.25) is 15.9 Å². The number of benzene rings is 2. The van der Waals surface area contributed by atoms with Gasteiger partial charge in [0.15, 0.2) is 0 Å². The van der Waals surface area contributed by atoms with Gasteiger partial charge in [-0.25, -0.2) is 8.42 Å². The predicted octanol–water partition coefficient (Wildman–Crippen LogP) is 2.41. The summed E-state index contributed by atoms with van der Waals surface area (Å²) in [5.74, 6) is -0.496. The summed E-state index contributed by atoms with van der Waals surface area (Å²) in [6.45, 7) is 4.49. The van der Waals surface area contributed by atoms with Crippen LogP contribution in [0.4, 0.5) is 0 Å². The molecule has 164 valence electrons. The highest BCUT2D eigenvalue weighted by Crippen LogP contribution is 2.22. The number of carbonyl (C=O) groups is 2. The zero-order chi connectivity index (χ0) is 22.4. The molecule has 0 aliphatic carbocycles. The van der Waals surface area contributed by atoms with Crippen LogP contribution in [0.1, 0.15) is 28.8 Å². The summed E-state index contributed by atoms with van der Waals surface area (Å²) in [4.78, 5) is 26.0. The Bertz CT molecular complexity index is 1040. The van der Waals surface area contributed by atoms with Crippen molar-refractivity contribution in [3.63, 3.8) is 0 Å². The Labute approximate surface area is 183 Å². The molecule has 1 saturated heterocycles. The van der Waals surface area contributed by atoms with E-state index in [1.807, 2.05) is 30.3 Å². The standard InChI is InChI=1S/C23H27N3O4S/c1-3-22(27)24-20-10-7-15-26(17-20)31(29,30)21-13-11-19(12-14-21)23(28)25(2)16-18-8-5-4-6-9-18/h3-6,8-9,11-14,20H,1,7,10,15-17H2,2H3,(H,24,27)/t20-/m0/s1. The van der Waals surface area contributed by atoms with Crippen molar-refractivity contribution in [2.24, 2.45) is 0 Å². The van der Waals surface area contributed by atoms with E-state index >= 15 is 0 Å². The van der Waals surface area contributed by atoms with Crippen molar-refractivity contribution in [3.8, 4) is 0 Å². The summed E-state index contributed by atoms with van der Waals surface area (Å²) in [7, 11) is -2.00. The number of amides is 2. The largest absolute Gasteiger partial charge is 0.349 e. The maximum Gasteiger partial charge on any atom is 0.253 e. The van der Waals surface area contributed by atoms with Crippen LogP contribution >= 0.6 is 0 Å². The molecule has 2 aromatic rings. The Balaban J connectivity index is 1.68. The third kappa shape index (κ3) is 5.59. The Morgan fingerprint density at radius 1 is 1.16 bits per heavy atom. The molecule has 1 aliphatic heterocycles. The van der Waals surface area contributed by atoms with E-state index in [4.69, 9.17) is 0 Å². The minimum atomic E-state index is -3.72. The number of piperidine rings is 1. The first-order chi connectivity index (χ1) is 14.8. The van der Waals surface area contributed by atoms with Gasteiger partial charge in [0.25, 0.3) is 5.91 Å². The SMILES string of the molecule is C=CC(=O)N[C@H]1CCCN(S(=O)(=O)c2ccc(C(=O)N(C)Cc3ccccc3)cc2)C1. The van der Waals surface area contributed by atoms with E-state index in [0.29, 0.717) is 31.5 Å². The van der Waals surface area contributed by atoms with E-state index in [9.17, 15) is 18.0 Å². The van der Waals surface area contributed by atoms with Gasteiger partial charge in [-0.15, -0.1) is 0 Å². The van der Waals surface area contributed by atoms with Crippen molar-refractivity contribution < 1.29 is 18.0 Å². The zero-order valence-electron chi connectivity index (χ0n) is 17.5. The maximum absolute atomic E-state index is 13.0. The lowest BCUT2D eigenvalue weighted by molar-refractivity contribution is -0.117. The molecule has 0 spiro atoms. The van der Waals surface area contributed by atoms with Gasteiger partial charge in [-0.05, 0) is 48.7 Å². The highest BCUT2D eigenvalue weighted by molar-refractivity contribution is 7.89. The topological polar surface area (TPSA) is 86.8 Å². The number of sulfonamides is 1. The average Bonchev–Trinajstić information content (AvgIpc) is 2.79. The molecule has 0 radical (unpaired) electrons. The molecule has 0 saturated carbocycles. The van der Waals surface area contributed by atoms with Crippen molar-refractivity contribution in [2.75, 3.05) is 20.1 Å². The van der Waals surface area contributed by atoms with Crippen molar-refractivity contribution >= 4 is 21.8 Å². The first-order valence-corrected chi connectivity index (χ1v) is 11.6. The Kier molecular flexibility index (Phi) is 7.25. The van der Waals surface area contributed by atoms with Gasteiger partial charge in [0, 0.05) is 38.3 Å². The molecule has 3 rings (SSSR count). The Morgan fingerprint density at radius 3 is 2.48 bits per heavy atom. The second-order valence-electron chi connectivity index (χ2n) is 7.59.